The molecule has 2 fully saturated rings. The first-order chi connectivity index (χ1) is 13.1. The molecule has 5 atom stereocenters. The lowest BCUT2D eigenvalue weighted by Gasteiger charge is -2.55. The third-order valence-corrected chi connectivity index (χ3v) is 7.59. The Balaban J connectivity index is 1.77. The lowest BCUT2D eigenvalue weighted by Crippen LogP contribution is -2.61. The van der Waals surface area contributed by atoms with Gasteiger partial charge in [0, 0.05) is 36.0 Å². The quantitative estimate of drug-likeness (QED) is 0.821. The Kier molecular flexibility index (Phi) is 2.94. The number of hydrogen-bond donors (Lipinski definition) is 1. The number of esters is 1. The summed E-state index contributed by atoms with van der Waals surface area (Å²) in [5.41, 5.74) is 2.11. The normalized spacial score (nSPS) is 39.0. The van der Waals surface area contributed by atoms with Crippen LogP contribution < -0.4 is 0 Å². The van der Waals surface area contributed by atoms with Crippen molar-refractivity contribution in [1.29, 1.82) is 0 Å². The average Bonchev–Trinajstić information content (AvgIpc) is 3.20. The van der Waals surface area contributed by atoms with Gasteiger partial charge >= 0.3 is 5.97 Å². The van der Waals surface area contributed by atoms with Crippen LogP contribution in [-0.4, -0.2) is 53.0 Å². The Hall–Kier alpha value is -1.89. The van der Waals surface area contributed by atoms with Gasteiger partial charge in [-0.15, -0.1) is 0 Å². The molecule has 0 amide bonds. The minimum Gasteiger partial charge on any atom is -0.465 e. The molecule has 0 radical (unpaired) electrons. The van der Waals surface area contributed by atoms with E-state index in [1.807, 2.05) is 6.07 Å². The zero-order valence-corrected chi connectivity index (χ0v) is 15.6. The number of aromatic nitrogens is 1. The average molecular weight is 368 g/mol. The molecular weight excluding hydrogens is 344 g/mol. The standard InChI is InChI=1S/C21H24N2O4/c1-3-20-11-21(19(25)26-2)23-14-7-5-4-6-12(14)13-8-9-22(17(20)16(13)23)10-15(24)18(20)27-21/h4-7,15,17-18,24H,3,8-11H2,1-2H3/t15-,17+,18+,20-,21+/m1/s1. The van der Waals surface area contributed by atoms with E-state index in [9.17, 15) is 9.90 Å². The Morgan fingerprint density at radius 2 is 2.22 bits per heavy atom. The maximum absolute atomic E-state index is 13.2. The van der Waals surface area contributed by atoms with E-state index in [1.54, 1.807) is 0 Å². The van der Waals surface area contributed by atoms with Crippen molar-refractivity contribution in [3.63, 3.8) is 0 Å². The number of para-hydroxylation sites is 1. The van der Waals surface area contributed by atoms with Crippen LogP contribution in [-0.2, 0) is 26.4 Å². The molecule has 5 heterocycles. The van der Waals surface area contributed by atoms with Gasteiger partial charge in [0.05, 0.1) is 30.9 Å². The molecule has 0 aliphatic carbocycles. The molecule has 2 saturated heterocycles. The van der Waals surface area contributed by atoms with E-state index < -0.39 is 11.8 Å². The number of benzene rings is 1. The molecule has 142 valence electrons. The van der Waals surface area contributed by atoms with Gasteiger partial charge in [-0.25, -0.2) is 4.79 Å². The molecule has 6 rings (SSSR count). The maximum Gasteiger partial charge on any atom is 0.360 e. The molecule has 4 aliphatic heterocycles. The van der Waals surface area contributed by atoms with E-state index in [0.717, 1.165) is 24.9 Å². The second-order valence-electron chi connectivity index (χ2n) is 8.51. The number of carbonyl (C=O) groups excluding carboxylic acids is 1. The summed E-state index contributed by atoms with van der Waals surface area (Å²) < 4.78 is 13.9. The predicted octanol–water partition coefficient (Wildman–Crippen LogP) is 1.94. The van der Waals surface area contributed by atoms with Crippen molar-refractivity contribution in [2.45, 2.75) is 50.2 Å². The number of aliphatic hydroxyl groups excluding tert-OH is 1. The number of hydrogen-bond acceptors (Lipinski definition) is 5. The summed E-state index contributed by atoms with van der Waals surface area (Å²) in [6.45, 7) is 3.68. The summed E-state index contributed by atoms with van der Waals surface area (Å²) in [5, 5.41) is 12.1. The lowest BCUT2D eigenvalue weighted by molar-refractivity contribution is -0.191. The number of rotatable bonds is 2. The van der Waals surface area contributed by atoms with E-state index in [-0.39, 0.29) is 23.5 Å². The molecule has 1 aromatic carbocycles. The summed E-state index contributed by atoms with van der Waals surface area (Å²) in [4.78, 5) is 15.6. The fraction of sp³-hybridized carbons (Fsp3) is 0.571. The van der Waals surface area contributed by atoms with Gasteiger partial charge in [-0.2, -0.15) is 0 Å². The Morgan fingerprint density at radius 1 is 1.41 bits per heavy atom. The topological polar surface area (TPSA) is 63.9 Å². The molecule has 0 saturated carbocycles. The highest BCUT2D eigenvalue weighted by Crippen LogP contribution is 2.66. The molecule has 1 N–H and O–H groups in total. The Labute approximate surface area is 157 Å². The SMILES string of the molecule is CC[C@]12C[C@@]3(C(=O)OC)O[C@H]1[C@H](O)CN1CCc4c(n3c3ccccc43)[C@H]12. The first-order valence-corrected chi connectivity index (χ1v) is 9.88. The highest BCUT2D eigenvalue weighted by Gasteiger charge is 2.72. The van der Waals surface area contributed by atoms with Gasteiger partial charge in [0.15, 0.2) is 0 Å². The van der Waals surface area contributed by atoms with E-state index in [2.05, 4.69) is 34.6 Å². The molecule has 4 aliphatic rings. The number of carbonyl (C=O) groups is 1. The molecule has 27 heavy (non-hydrogen) atoms. The molecule has 2 bridgehead atoms. The molecule has 0 unspecified atom stereocenters. The van der Waals surface area contributed by atoms with Gasteiger partial charge in [-0.1, -0.05) is 25.1 Å². The molecule has 0 spiro atoms. The zero-order chi connectivity index (χ0) is 18.6. The van der Waals surface area contributed by atoms with Gasteiger partial charge in [0.25, 0.3) is 0 Å². The number of piperidine rings is 1. The largest absolute Gasteiger partial charge is 0.465 e. The van der Waals surface area contributed by atoms with Crippen LogP contribution >= 0.6 is 0 Å². The van der Waals surface area contributed by atoms with Crippen LogP contribution in [0.25, 0.3) is 10.9 Å². The number of fused-ring (bicyclic) bond motifs is 5. The predicted molar refractivity (Wildman–Crippen MR) is 98.2 cm³/mol. The summed E-state index contributed by atoms with van der Waals surface area (Å²) in [6.07, 6.45) is 1.39. The van der Waals surface area contributed by atoms with E-state index >= 15 is 0 Å². The van der Waals surface area contributed by atoms with E-state index in [1.165, 1.54) is 23.8 Å². The van der Waals surface area contributed by atoms with E-state index in [4.69, 9.17) is 9.47 Å². The van der Waals surface area contributed by atoms with Crippen LogP contribution in [0, 0.1) is 5.41 Å². The second kappa shape index (κ2) is 4.93. The van der Waals surface area contributed by atoms with Crippen LogP contribution in [0.5, 0.6) is 0 Å². The van der Waals surface area contributed by atoms with Gasteiger partial charge in [-0.05, 0) is 24.5 Å². The fourth-order valence-corrected chi connectivity index (χ4v) is 6.64. The van der Waals surface area contributed by atoms with Gasteiger partial charge < -0.3 is 19.1 Å². The maximum atomic E-state index is 13.2. The first-order valence-electron chi connectivity index (χ1n) is 9.88. The van der Waals surface area contributed by atoms with Gasteiger partial charge in [0.1, 0.15) is 0 Å². The van der Waals surface area contributed by atoms with Crippen LogP contribution in [0.1, 0.15) is 37.1 Å². The van der Waals surface area contributed by atoms with E-state index in [0.29, 0.717) is 13.0 Å². The highest BCUT2D eigenvalue weighted by molar-refractivity contribution is 5.90. The fourth-order valence-electron chi connectivity index (χ4n) is 6.64. The Morgan fingerprint density at radius 3 is 3.00 bits per heavy atom. The van der Waals surface area contributed by atoms with Crippen molar-refractivity contribution in [2.75, 3.05) is 20.2 Å². The van der Waals surface area contributed by atoms with Crippen molar-refractivity contribution in [2.24, 2.45) is 5.41 Å². The smallest absolute Gasteiger partial charge is 0.360 e. The van der Waals surface area contributed by atoms with Crippen molar-refractivity contribution in [3.05, 3.63) is 35.5 Å². The number of aliphatic hydroxyl groups is 1. The van der Waals surface area contributed by atoms with Crippen LogP contribution in [0.4, 0.5) is 0 Å². The molecule has 6 heteroatoms. The van der Waals surface area contributed by atoms with Crippen LogP contribution in [0.15, 0.2) is 24.3 Å². The van der Waals surface area contributed by atoms with Crippen LogP contribution in [0.3, 0.4) is 0 Å². The minimum atomic E-state index is -1.19. The first kappa shape index (κ1) is 16.1. The van der Waals surface area contributed by atoms with Gasteiger partial charge in [-0.3, -0.25) is 4.90 Å². The summed E-state index contributed by atoms with van der Waals surface area (Å²) in [6, 6.07) is 8.47. The highest BCUT2D eigenvalue weighted by atomic mass is 16.6. The number of ether oxygens (including phenoxy) is 2. The van der Waals surface area contributed by atoms with Crippen molar-refractivity contribution in [3.8, 4) is 0 Å². The molecular formula is C21H24N2O4. The lowest BCUT2D eigenvalue weighted by atomic mass is 9.62. The van der Waals surface area contributed by atoms with Gasteiger partial charge in [0.2, 0.25) is 5.72 Å². The molecule has 1 aromatic heterocycles. The minimum absolute atomic E-state index is 0.173. The Bertz CT molecular complexity index is 984. The summed E-state index contributed by atoms with van der Waals surface area (Å²) in [5.74, 6) is -0.365. The monoisotopic (exact) mass is 368 g/mol. The van der Waals surface area contributed by atoms with Crippen LogP contribution in [0.2, 0.25) is 0 Å². The third kappa shape index (κ3) is 1.59. The molecule has 2 aromatic rings. The third-order valence-electron chi connectivity index (χ3n) is 7.59. The van der Waals surface area contributed by atoms with Crippen molar-refractivity contribution < 1.29 is 19.4 Å². The second-order valence-corrected chi connectivity index (χ2v) is 8.51. The van der Waals surface area contributed by atoms with Crippen molar-refractivity contribution in [1.82, 2.24) is 9.47 Å². The molecule has 6 nitrogen and oxygen atoms in total. The number of nitrogens with zero attached hydrogens (tertiary/aromatic N) is 2. The van der Waals surface area contributed by atoms with Crippen molar-refractivity contribution >= 4 is 16.9 Å². The number of methoxy groups -OCH3 is 1. The summed E-state index contributed by atoms with van der Waals surface area (Å²) in [7, 11) is 1.42. The summed E-state index contributed by atoms with van der Waals surface area (Å²) >= 11 is 0. The zero-order valence-electron chi connectivity index (χ0n) is 15.6.